The minimum atomic E-state index is -3.93. The zero-order valence-corrected chi connectivity index (χ0v) is 16.2. The molecule has 154 valence electrons. The normalized spacial score (nSPS) is 19.6. The molecule has 0 bridgehead atoms. The molecule has 1 saturated carbocycles. The van der Waals surface area contributed by atoms with Gasteiger partial charge in [0.2, 0.25) is 0 Å². The molecule has 1 fully saturated rings. The summed E-state index contributed by atoms with van der Waals surface area (Å²) in [4.78, 5) is 0. The van der Waals surface area contributed by atoms with Gasteiger partial charge in [-0.05, 0) is 60.6 Å². The fraction of sp³-hybridized carbons (Fsp3) is 0.435. The molecule has 2 aromatic rings. The molecule has 3 rings (SSSR count). The van der Waals surface area contributed by atoms with Crippen LogP contribution < -0.4 is 4.74 Å². The van der Waals surface area contributed by atoms with Gasteiger partial charge in [-0.25, -0.2) is 8.78 Å². The van der Waals surface area contributed by atoms with E-state index >= 15 is 0 Å². The zero-order chi connectivity index (χ0) is 21.0. The lowest BCUT2D eigenvalue weighted by molar-refractivity contribution is -0.187. The molecule has 0 N–H and O–H groups in total. The van der Waals surface area contributed by atoms with E-state index in [4.69, 9.17) is 5.26 Å². The lowest BCUT2D eigenvalue weighted by Gasteiger charge is -2.26. The number of aryl methyl sites for hydroxylation is 1. The summed E-state index contributed by atoms with van der Waals surface area (Å²) >= 11 is 0. The van der Waals surface area contributed by atoms with Gasteiger partial charge in [0, 0.05) is 0 Å². The van der Waals surface area contributed by atoms with Crippen LogP contribution in [0.4, 0.5) is 17.6 Å². The maximum atomic E-state index is 14.3. The van der Waals surface area contributed by atoms with Crippen molar-refractivity contribution in [2.24, 2.45) is 11.8 Å². The number of hydrogen-bond acceptors (Lipinski definition) is 2. The largest absolute Gasteiger partial charge is 0.426 e. The van der Waals surface area contributed by atoms with Gasteiger partial charge in [-0.1, -0.05) is 38.7 Å². The minimum absolute atomic E-state index is 0.354. The van der Waals surface area contributed by atoms with E-state index in [-0.39, 0.29) is 5.56 Å². The average molecular weight is 405 g/mol. The number of nitriles is 1. The van der Waals surface area contributed by atoms with E-state index in [9.17, 15) is 17.6 Å². The summed E-state index contributed by atoms with van der Waals surface area (Å²) in [7, 11) is 0. The summed E-state index contributed by atoms with van der Waals surface area (Å²) < 4.78 is 61.2. The quantitative estimate of drug-likeness (QED) is 0.500. The standard InChI is InChI=1S/C23H23F4NO/c1-15-2-4-16(5-3-15)6-7-17-8-11-22(21(25)12-17)29-23(26,27)19-10-9-18(14-28)20(24)13-19/h8-13,15-16H,2-7H2,1H3. The Labute approximate surface area is 168 Å². The molecule has 0 heterocycles. The highest BCUT2D eigenvalue weighted by molar-refractivity contribution is 5.35. The molecule has 6 heteroatoms. The molecule has 0 atom stereocenters. The monoisotopic (exact) mass is 405 g/mol. The Morgan fingerprint density at radius 2 is 1.76 bits per heavy atom. The first-order valence-corrected chi connectivity index (χ1v) is 9.84. The van der Waals surface area contributed by atoms with Gasteiger partial charge in [0.15, 0.2) is 11.6 Å². The maximum Gasteiger partial charge on any atom is 0.426 e. The third kappa shape index (κ3) is 5.29. The van der Waals surface area contributed by atoms with E-state index in [1.807, 2.05) is 0 Å². The van der Waals surface area contributed by atoms with E-state index in [1.54, 1.807) is 12.1 Å². The van der Waals surface area contributed by atoms with E-state index in [2.05, 4.69) is 11.7 Å². The van der Waals surface area contributed by atoms with Crippen LogP contribution in [0.2, 0.25) is 0 Å². The highest BCUT2D eigenvalue weighted by Crippen LogP contribution is 2.35. The van der Waals surface area contributed by atoms with Crippen molar-refractivity contribution >= 4 is 0 Å². The molecule has 0 amide bonds. The summed E-state index contributed by atoms with van der Waals surface area (Å²) in [6.45, 7) is 2.26. The van der Waals surface area contributed by atoms with Crippen LogP contribution in [0.15, 0.2) is 36.4 Å². The van der Waals surface area contributed by atoms with Crippen molar-refractivity contribution in [3.63, 3.8) is 0 Å². The second-order valence-corrected chi connectivity index (χ2v) is 7.85. The van der Waals surface area contributed by atoms with Crippen LogP contribution in [0.5, 0.6) is 5.75 Å². The Morgan fingerprint density at radius 1 is 1.03 bits per heavy atom. The number of halogens is 4. The molecule has 1 aliphatic carbocycles. The molecule has 0 radical (unpaired) electrons. The van der Waals surface area contributed by atoms with Crippen LogP contribution in [-0.4, -0.2) is 0 Å². The zero-order valence-electron chi connectivity index (χ0n) is 16.2. The molecule has 0 unspecified atom stereocenters. The van der Waals surface area contributed by atoms with Crippen LogP contribution in [0.25, 0.3) is 0 Å². The van der Waals surface area contributed by atoms with Crippen LogP contribution in [0.1, 0.15) is 55.7 Å². The van der Waals surface area contributed by atoms with Gasteiger partial charge in [0.05, 0.1) is 11.1 Å². The summed E-state index contributed by atoms with van der Waals surface area (Å²) in [5.41, 5.74) is -0.405. The second kappa shape index (κ2) is 8.86. The van der Waals surface area contributed by atoms with Crippen molar-refractivity contribution in [2.75, 3.05) is 0 Å². The number of alkyl halides is 2. The lowest BCUT2D eigenvalue weighted by Crippen LogP contribution is -2.22. The first-order chi connectivity index (χ1) is 13.8. The third-order valence-electron chi connectivity index (χ3n) is 5.64. The molecule has 0 aromatic heterocycles. The predicted molar refractivity (Wildman–Crippen MR) is 101 cm³/mol. The van der Waals surface area contributed by atoms with Gasteiger partial charge >= 0.3 is 6.11 Å². The number of benzene rings is 2. The Balaban J connectivity index is 1.65. The summed E-state index contributed by atoms with van der Waals surface area (Å²) in [5, 5.41) is 8.69. The Bertz CT molecular complexity index is 898. The number of nitrogens with zero attached hydrogens (tertiary/aromatic N) is 1. The lowest BCUT2D eigenvalue weighted by atomic mass is 9.80. The SMILES string of the molecule is CC1CCC(CCc2ccc(OC(F)(F)c3ccc(C#N)c(F)c3)c(F)c2)CC1. The predicted octanol–water partition coefficient (Wildman–Crippen LogP) is 6.72. The Morgan fingerprint density at radius 3 is 2.38 bits per heavy atom. The summed E-state index contributed by atoms with van der Waals surface area (Å²) in [5.74, 6) is -1.17. The van der Waals surface area contributed by atoms with Crippen LogP contribution in [0, 0.1) is 34.8 Å². The van der Waals surface area contributed by atoms with Gasteiger partial charge in [0.1, 0.15) is 11.9 Å². The smallest absolute Gasteiger partial charge is 0.426 e. The van der Waals surface area contributed by atoms with Crippen molar-refractivity contribution in [3.05, 3.63) is 64.7 Å². The van der Waals surface area contributed by atoms with Gasteiger partial charge in [0.25, 0.3) is 0 Å². The molecule has 2 nitrogen and oxygen atoms in total. The molecular formula is C23H23F4NO. The fourth-order valence-corrected chi connectivity index (χ4v) is 3.76. The van der Waals surface area contributed by atoms with Crippen molar-refractivity contribution < 1.29 is 22.3 Å². The second-order valence-electron chi connectivity index (χ2n) is 7.85. The molecule has 1 aliphatic rings. The van der Waals surface area contributed by atoms with Crippen molar-refractivity contribution in [3.8, 4) is 11.8 Å². The number of ether oxygens (including phenoxy) is 1. The first-order valence-electron chi connectivity index (χ1n) is 9.84. The molecule has 0 aliphatic heterocycles. The van der Waals surface area contributed by atoms with E-state index in [1.165, 1.54) is 37.8 Å². The van der Waals surface area contributed by atoms with E-state index in [0.29, 0.717) is 18.4 Å². The van der Waals surface area contributed by atoms with Gasteiger partial charge in [-0.2, -0.15) is 14.0 Å². The molecule has 29 heavy (non-hydrogen) atoms. The minimum Gasteiger partial charge on any atom is -0.426 e. The van der Waals surface area contributed by atoms with Crippen LogP contribution in [-0.2, 0) is 12.5 Å². The molecule has 0 saturated heterocycles. The topological polar surface area (TPSA) is 33.0 Å². The third-order valence-corrected chi connectivity index (χ3v) is 5.64. The van der Waals surface area contributed by atoms with Crippen LogP contribution >= 0.6 is 0 Å². The van der Waals surface area contributed by atoms with Gasteiger partial charge in [-0.3, -0.25) is 0 Å². The Kier molecular flexibility index (Phi) is 6.46. The maximum absolute atomic E-state index is 14.3. The molecule has 0 spiro atoms. The number of hydrogen-bond donors (Lipinski definition) is 0. The van der Waals surface area contributed by atoms with E-state index < -0.39 is 29.1 Å². The highest BCUT2D eigenvalue weighted by atomic mass is 19.3. The first kappa shape index (κ1) is 21.2. The van der Waals surface area contributed by atoms with Crippen molar-refractivity contribution in [2.45, 2.75) is 51.6 Å². The van der Waals surface area contributed by atoms with Gasteiger partial charge < -0.3 is 4.74 Å². The average Bonchev–Trinajstić information content (AvgIpc) is 2.69. The van der Waals surface area contributed by atoms with Crippen LogP contribution in [0.3, 0.4) is 0 Å². The molecule has 2 aromatic carbocycles. The Hall–Kier alpha value is -2.55. The molecular weight excluding hydrogens is 382 g/mol. The summed E-state index contributed by atoms with van der Waals surface area (Å²) in [6, 6.07) is 7.89. The fourth-order valence-electron chi connectivity index (χ4n) is 3.76. The summed E-state index contributed by atoms with van der Waals surface area (Å²) in [6.07, 6.45) is 2.50. The van der Waals surface area contributed by atoms with Crippen molar-refractivity contribution in [1.82, 2.24) is 0 Å². The van der Waals surface area contributed by atoms with Crippen molar-refractivity contribution in [1.29, 1.82) is 5.26 Å². The number of rotatable bonds is 6. The van der Waals surface area contributed by atoms with Gasteiger partial charge in [-0.15, -0.1) is 0 Å². The highest BCUT2D eigenvalue weighted by Gasteiger charge is 2.36. The van der Waals surface area contributed by atoms with E-state index in [0.717, 1.165) is 30.0 Å².